The first-order chi connectivity index (χ1) is 22.2. The second kappa shape index (κ2) is 14.3. The molecule has 0 spiro atoms. The zero-order valence-corrected chi connectivity index (χ0v) is 27.7. The molecule has 244 valence electrons. The smallest absolute Gasteiger partial charge is 0.265 e. The van der Waals surface area contributed by atoms with Crippen LogP contribution in [0.1, 0.15) is 43.7 Å². The molecule has 46 heavy (non-hydrogen) atoms. The molecule has 1 saturated heterocycles. The number of fused-ring (bicyclic) bond motifs is 1. The number of halogens is 2. The SMILES string of the molecule is O=C(CC1C(=O)Nc2ccccc2N1S(=O)(=O)c1ccc(Cl)c(Cl)c1)NCC1CCC(C(c2ccccc2)N2CCOCC2)CC1. The van der Waals surface area contributed by atoms with Gasteiger partial charge in [0.25, 0.3) is 10.0 Å². The van der Waals surface area contributed by atoms with Crippen LogP contribution in [0.2, 0.25) is 10.0 Å². The second-order valence-corrected chi connectivity index (χ2v) is 14.8. The van der Waals surface area contributed by atoms with Gasteiger partial charge in [-0.15, -0.1) is 0 Å². The summed E-state index contributed by atoms with van der Waals surface area (Å²) >= 11 is 12.2. The molecule has 1 aliphatic carbocycles. The zero-order valence-electron chi connectivity index (χ0n) is 25.4. The lowest BCUT2D eigenvalue weighted by molar-refractivity contribution is -0.125. The summed E-state index contributed by atoms with van der Waals surface area (Å²) in [5, 5.41) is 6.05. The van der Waals surface area contributed by atoms with Crippen LogP contribution in [0.3, 0.4) is 0 Å². The lowest BCUT2D eigenvalue weighted by Gasteiger charge is -2.42. The van der Waals surface area contributed by atoms with Crippen molar-refractivity contribution < 1.29 is 22.7 Å². The minimum absolute atomic E-state index is 0.0709. The summed E-state index contributed by atoms with van der Waals surface area (Å²) in [6, 6.07) is 20.4. The quantitative estimate of drug-likeness (QED) is 0.291. The first-order valence-electron chi connectivity index (χ1n) is 15.7. The van der Waals surface area contributed by atoms with E-state index in [9.17, 15) is 18.0 Å². The van der Waals surface area contributed by atoms with E-state index in [-0.39, 0.29) is 33.0 Å². The minimum atomic E-state index is -4.29. The summed E-state index contributed by atoms with van der Waals surface area (Å²) in [5.41, 5.74) is 1.96. The van der Waals surface area contributed by atoms with E-state index >= 15 is 0 Å². The Balaban J connectivity index is 1.11. The molecular formula is C34H38Cl2N4O5S. The molecule has 2 unspecified atom stereocenters. The molecule has 6 rings (SSSR count). The monoisotopic (exact) mass is 684 g/mol. The van der Waals surface area contributed by atoms with Gasteiger partial charge < -0.3 is 15.4 Å². The first kappa shape index (κ1) is 32.8. The van der Waals surface area contributed by atoms with Crippen LogP contribution in [0.5, 0.6) is 0 Å². The van der Waals surface area contributed by atoms with Gasteiger partial charge in [-0.1, -0.05) is 65.7 Å². The van der Waals surface area contributed by atoms with Crippen molar-refractivity contribution in [1.82, 2.24) is 10.2 Å². The molecule has 3 aliphatic rings. The highest BCUT2D eigenvalue weighted by molar-refractivity contribution is 7.93. The number of nitrogens with one attached hydrogen (secondary N) is 2. The maximum Gasteiger partial charge on any atom is 0.265 e. The highest BCUT2D eigenvalue weighted by atomic mass is 35.5. The molecule has 2 aliphatic heterocycles. The number of anilines is 2. The van der Waals surface area contributed by atoms with E-state index in [0.717, 1.165) is 56.3 Å². The van der Waals surface area contributed by atoms with E-state index in [4.69, 9.17) is 27.9 Å². The Kier molecular flexibility index (Phi) is 10.2. The van der Waals surface area contributed by atoms with Crippen LogP contribution in [0.15, 0.2) is 77.7 Å². The molecular weight excluding hydrogens is 647 g/mol. The van der Waals surface area contributed by atoms with Crippen molar-refractivity contribution in [3.63, 3.8) is 0 Å². The van der Waals surface area contributed by atoms with Crippen molar-refractivity contribution in [3.05, 3.63) is 88.4 Å². The molecule has 0 bridgehead atoms. The third-order valence-electron chi connectivity index (χ3n) is 9.32. The van der Waals surface area contributed by atoms with Gasteiger partial charge in [-0.3, -0.25) is 18.8 Å². The molecule has 0 radical (unpaired) electrons. The van der Waals surface area contributed by atoms with Crippen LogP contribution in [0, 0.1) is 11.8 Å². The number of para-hydroxylation sites is 2. The highest BCUT2D eigenvalue weighted by Crippen LogP contribution is 2.41. The summed E-state index contributed by atoms with van der Waals surface area (Å²) in [7, 11) is -4.29. The number of hydrogen-bond donors (Lipinski definition) is 2. The predicted molar refractivity (Wildman–Crippen MR) is 180 cm³/mol. The molecule has 1 saturated carbocycles. The molecule has 2 heterocycles. The number of sulfonamides is 1. The van der Waals surface area contributed by atoms with E-state index < -0.39 is 22.0 Å². The fourth-order valence-electron chi connectivity index (χ4n) is 6.99. The number of rotatable bonds is 9. The fourth-order valence-corrected chi connectivity index (χ4v) is 9.01. The number of carbonyl (C=O) groups is 2. The number of morpholine rings is 1. The maximum atomic E-state index is 14.0. The Hall–Kier alpha value is -3.15. The average Bonchev–Trinajstić information content (AvgIpc) is 3.07. The Bertz CT molecular complexity index is 1660. The number of hydrogen-bond acceptors (Lipinski definition) is 6. The number of carbonyl (C=O) groups excluding carboxylic acids is 2. The van der Waals surface area contributed by atoms with Crippen LogP contribution in [0.25, 0.3) is 0 Å². The second-order valence-electron chi connectivity index (χ2n) is 12.2. The van der Waals surface area contributed by atoms with Gasteiger partial charge in [0, 0.05) is 25.7 Å². The summed E-state index contributed by atoms with van der Waals surface area (Å²) in [6.45, 7) is 3.83. The van der Waals surface area contributed by atoms with E-state index in [2.05, 4.69) is 45.9 Å². The van der Waals surface area contributed by atoms with Crippen LogP contribution >= 0.6 is 23.2 Å². The Morgan fingerprint density at radius 3 is 2.35 bits per heavy atom. The van der Waals surface area contributed by atoms with Crippen LogP contribution in [0.4, 0.5) is 11.4 Å². The molecule has 0 aromatic heterocycles. The molecule has 2 amide bonds. The van der Waals surface area contributed by atoms with Crippen molar-refractivity contribution in [1.29, 1.82) is 0 Å². The van der Waals surface area contributed by atoms with Crippen LogP contribution in [-0.4, -0.2) is 64.0 Å². The van der Waals surface area contributed by atoms with E-state index in [1.807, 2.05) is 0 Å². The predicted octanol–water partition coefficient (Wildman–Crippen LogP) is 5.90. The van der Waals surface area contributed by atoms with E-state index in [0.29, 0.717) is 30.1 Å². The fraction of sp³-hybridized carbons (Fsp3) is 0.412. The van der Waals surface area contributed by atoms with Gasteiger partial charge in [0.1, 0.15) is 6.04 Å². The molecule has 3 aromatic rings. The van der Waals surface area contributed by atoms with Gasteiger partial charge in [0.2, 0.25) is 11.8 Å². The Labute approximate surface area is 280 Å². The topological polar surface area (TPSA) is 108 Å². The number of nitrogens with zero attached hydrogens (tertiary/aromatic N) is 2. The number of amides is 2. The van der Waals surface area contributed by atoms with Crippen molar-refractivity contribution in [2.75, 3.05) is 42.5 Å². The average molecular weight is 686 g/mol. The standard InChI is InChI=1S/C34H38Cl2N4O5S/c35-27-15-14-26(20-28(27)36)46(43,44)40-30-9-5-4-8-29(30)38-34(42)31(40)21-32(41)37-22-23-10-12-25(13-11-23)33(24-6-2-1-3-7-24)39-16-18-45-19-17-39/h1-9,14-15,20,23,25,31,33H,10-13,16-19,21-22H2,(H,37,41)(H,38,42). The Morgan fingerprint density at radius 1 is 0.935 bits per heavy atom. The third-order valence-corrected chi connectivity index (χ3v) is 11.9. The lowest BCUT2D eigenvalue weighted by atomic mass is 9.76. The molecule has 2 N–H and O–H groups in total. The molecule has 2 atom stereocenters. The van der Waals surface area contributed by atoms with Crippen LogP contribution in [-0.2, 0) is 24.3 Å². The summed E-state index contributed by atoms with van der Waals surface area (Å²) in [5.74, 6) is -0.142. The van der Waals surface area contributed by atoms with Gasteiger partial charge in [-0.2, -0.15) is 0 Å². The lowest BCUT2D eigenvalue weighted by Crippen LogP contribution is -2.53. The number of benzene rings is 3. The highest BCUT2D eigenvalue weighted by Gasteiger charge is 2.42. The molecule has 2 fully saturated rings. The van der Waals surface area contributed by atoms with Gasteiger partial charge in [0.05, 0.1) is 46.0 Å². The molecule has 9 nitrogen and oxygen atoms in total. The summed E-state index contributed by atoms with van der Waals surface area (Å²) < 4.78 is 34.6. The van der Waals surface area contributed by atoms with E-state index in [1.54, 1.807) is 24.3 Å². The maximum absolute atomic E-state index is 14.0. The van der Waals surface area contributed by atoms with Gasteiger partial charge in [-0.05, 0) is 73.4 Å². The van der Waals surface area contributed by atoms with Crippen LogP contribution < -0.4 is 14.9 Å². The first-order valence-corrected chi connectivity index (χ1v) is 17.9. The minimum Gasteiger partial charge on any atom is -0.379 e. The normalized spacial score (nSPS) is 22.9. The van der Waals surface area contributed by atoms with Gasteiger partial charge in [0.15, 0.2) is 0 Å². The largest absolute Gasteiger partial charge is 0.379 e. The van der Waals surface area contributed by atoms with Crippen molar-refractivity contribution in [3.8, 4) is 0 Å². The van der Waals surface area contributed by atoms with Gasteiger partial charge in [-0.25, -0.2) is 8.42 Å². The third kappa shape index (κ3) is 7.06. The zero-order chi connectivity index (χ0) is 32.3. The van der Waals surface area contributed by atoms with Crippen molar-refractivity contribution in [2.45, 2.75) is 49.1 Å². The summed E-state index contributed by atoms with van der Waals surface area (Å²) in [4.78, 5) is 29.0. The number of ether oxygens (including phenoxy) is 1. The summed E-state index contributed by atoms with van der Waals surface area (Å²) in [6.07, 6.45) is 3.73. The molecule has 12 heteroatoms. The Morgan fingerprint density at radius 2 is 1.63 bits per heavy atom. The van der Waals surface area contributed by atoms with Gasteiger partial charge >= 0.3 is 0 Å². The van der Waals surface area contributed by atoms with Crippen molar-refractivity contribution >= 4 is 56.4 Å². The molecule has 3 aromatic carbocycles. The van der Waals surface area contributed by atoms with Crippen molar-refractivity contribution in [2.24, 2.45) is 11.8 Å². The van der Waals surface area contributed by atoms with E-state index in [1.165, 1.54) is 23.8 Å².